The van der Waals surface area contributed by atoms with Crippen molar-refractivity contribution < 1.29 is 18.3 Å². The molecule has 8 heteroatoms. The van der Waals surface area contributed by atoms with Gasteiger partial charge in [-0.2, -0.15) is 0 Å². The Morgan fingerprint density at radius 2 is 2.03 bits per heavy atom. The summed E-state index contributed by atoms with van der Waals surface area (Å²) >= 11 is 5.55. The van der Waals surface area contributed by atoms with Crippen molar-refractivity contribution in [2.45, 2.75) is 18.5 Å². The molecule has 1 fully saturated rings. The van der Waals surface area contributed by atoms with E-state index in [0.29, 0.717) is 23.2 Å². The smallest absolute Gasteiger partial charge is 0.307 e. The van der Waals surface area contributed by atoms with E-state index in [2.05, 4.69) is 10.3 Å². The van der Waals surface area contributed by atoms with Crippen molar-refractivity contribution in [2.24, 2.45) is 0 Å². The highest BCUT2D eigenvalue weighted by atomic mass is 32.1. The van der Waals surface area contributed by atoms with Crippen molar-refractivity contribution in [1.82, 2.24) is 15.2 Å². The summed E-state index contributed by atoms with van der Waals surface area (Å²) in [6.07, 6.45) is 1.91. The fourth-order valence-electron chi connectivity index (χ4n) is 3.55. The van der Waals surface area contributed by atoms with E-state index in [1.807, 2.05) is 35.2 Å². The molecule has 3 aromatic rings. The van der Waals surface area contributed by atoms with Crippen LogP contribution < -0.4 is 5.32 Å². The second-order valence-corrected chi connectivity index (χ2v) is 7.24. The Hall–Kier alpha value is -3.26. The van der Waals surface area contributed by atoms with Crippen molar-refractivity contribution in [3.63, 3.8) is 0 Å². The van der Waals surface area contributed by atoms with E-state index >= 15 is 0 Å². The van der Waals surface area contributed by atoms with Crippen LogP contribution in [-0.4, -0.2) is 34.6 Å². The maximum Gasteiger partial charge on any atom is 0.307 e. The quantitative estimate of drug-likeness (QED) is 0.473. The molecule has 0 bridgehead atoms. The van der Waals surface area contributed by atoms with Gasteiger partial charge < -0.3 is 19.4 Å². The first-order valence-corrected chi connectivity index (χ1v) is 9.88. The number of aromatic nitrogens is 1. The van der Waals surface area contributed by atoms with Crippen LogP contribution in [0.2, 0.25) is 0 Å². The Labute approximate surface area is 178 Å². The highest BCUT2D eigenvalue weighted by molar-refractivity contribution is 7.80. The van der Waals surface area contributed by atoms with Crippen LogP contribution in [0.1, 0.15) is 30.0 Å². The number of ether oxygens (including phenoxy) is 1. The van der Waals surface area contributed by atoms with Gasteiger partial charge in [0.2, 0.25) is 0 Å². The van der Waals surface area contributed by atoms with E-state index in [-0.39, 0.29) is 30.3 Å². The first kappa shape index (κ1) is 20.0. The third-order valence-corrected chi connectivity index (χ3v) is 5.38. The summed E-state index contributed by atoms with van der Waals surface area (Å²) < 4.78 is 24.2. The van der Waals surface area contributed by atoms with Gasteiger partial charge in [-0.25, -0.2) is 4.39 Å². The Kier molecular flexibility index (Phi) is 5.76. The molecule has 0 unspecified atom stereocenters. The number of hydrogen-bond donors (Lipinski definition) is 1. The molecule has 1 saturated heterocycles. The van der Waals surface area contributed by atoms with E-state index in [9.17, 15) is 9.18 Å². The minimum Gasteiger partial charge on any atom is -0.469 e. The van der Waals surface area contributed by atoms with Crippen molar-refractivity contribution >= 4 is 23.3 Å². The molecule has 1 aromatic carbocycles. The van der Waals surface area contributed by atoms with Gasteiger partial charge in [0.15, 0.2) is 5.11 Å². The zero-order valence-corrected chi connectivity index (χ0v) is 17.1. The lowest BCUT2D eigenvalue weighted by atomic mass is 10.0. The fraction of sp³-hybridized carbons (Fsp3) is 0.227. The normalized spacial score (nSPS) is 18.3. The molecular formula is C22H20FN3O3S. The molecule has 30 heavy (non-hydrogen) atoms. The third kappa shape index (κ3) is 4.04. The van der Waals surface area contributed by atoms with Gasteiger partial charge in [-0.3, -0.25) is 9.78 Å². The SMILES string of the molecule is COC(=O)CCN1C(=S)N[C@@H](c2ccccn2)[C@H]1c1ccc(-c2ccc(F)cc2)o1. The molecular weight excluding hydrogens is 405 g/mol. The number of nitrogens with one attached hydrogen (secondary N) is 1. The predicted molar refractivity (Wildman–Crippen MR) is 113 cm³/mol. The second-order valence-electron chi connectivity index (χ2n) is 6.86. The first-order chi connectivity index (χ1) is 14.6. The maximum absolute atomic E-state index is 13.3. The highest BCUT2D eigenvalue weighted by Gasteiger charge is 2.41. The predicted octanol–water partition coefficient (Wildman–Crippen LogP) is 4.02. The summed E-state index contributed by atoms with van der Waals surface area (Å²) in [6.45, 7) is 0.374. The molecule has 6 nitrogen and oxygen atoms in total. The molecule has 154 valence electrons. The van der Waals surface area contributed by atoms with E-state index in [1.54, 1.807) is 18.3 Å². The number of carbonyl (C=O) groups is 1. The minimum atomic E-state index is -0.315. The number of furan rings is 1. The van der Waals surface area contributed by atoms with Crippen LogP contribution in [0.15, 0.2) is 65.2 Å². The number of carbonyl (C=O) groups excluding carboxylic acids is 1. The lowest BCUT2D eigenvalue weighted by Gasteiger charge is -2.25. The molecule has 4 rings (SSSR count). The Bertz CT molecular complexity index is 1040. The van der Waals surface area contributed by atoms with Crippen LogP contribution in [-0.2, 0) is 9.53 Å². The van der Waals surface area contributed by atoms with Crippen molar-refractivity contribution in [1.29, 1.82) is 0 Å². The minimum absolute atomic E-state index is 0.190. The van der Waals surface area contributed by atoms with Crippen molar-refractivity contribution in [2.75, 3.05) is 13.7 Å². The molecule has 3 heterocycles. The van der Waals surface area contributed by atoms with E-state index < -0.39 is 0 Å². The molecule has 1 aliphatic heterocycles. The number of esters is 1. The van der Waals surface area contributed by atoms with Gasteiger partial charge in [-0.1, -0.05) is 6.07 Å². The maximum atomic E-state index is 13.3. The summed E-state index contributed by atoms with van der Waals surface area (Å²) in [6, 6.07) is 15.0. The van der Waals surface area contributed by atoms with Crippen LogP contribution in [0, 0.1) is 5.82 Å². The molecule has 0 saturated carbocycles. The molecule has 2 atom stereocenters. The number of benzene rings is 1. The molecule has 0 aliphatic carbocycles. The van der Waals surface area contributed by atoms with E-state index in [4.69, 9.17) is 21.4 Å². The van der Waals surface area contributed by atoms with Crippen LogP contribution >= 0.6 is 12.2 Å². The van der Waals surface area contributed by atoms with Gasteiger partial charge in [0, 0.05) is 18.3 Å². The molecule has 0 amide bonds. The number of halogens is 1. The summed E-state index contributed by atoms with van der Waals surface area (Å²) in [4.78, 5) is 18.1. The lowest BCUT2D eigenvalue weighted by molar-refractivity contribution is -0.140. The lowest BCUT2D eigenvalue weighted by Crippen LogP contribution is -2.31. The molecule has 2 aromatic heterocycles. The first-order valence-electron chi connectivity index (χ1n) is 9.47. The molecule has 0 radical (unpaired) electrons. The van der Waals surface area contributed by atoms with Gasteiger partial charge in [0.25, 0.3) is 0 Å². The number of hydrogen-bond acceptors (Lipinski definition) is 5. The van der Waals surface area contributed by atoms with Crippen LogP contribution in [0.25, 0.3) is 11.3 Å². The largest absolute Gasteiger partial charge is 0.469 e. The van der Waals surface area contributed by atoms with Crippen LogP contribution in [0.5, 0.6) is 0 Å². The van der Waals surface area contributed by atoms with Crippen molar-refractivity contribution in [3.8, 4) is 11.3 Å². The molecule has 1 aliphatic rings. The van der Waals surface area contributed by atoms with Crippen LogP contribution in [0.4, 0.5) is 4.39 Å². The monoisotopic (exact) mass is 425 g/mol. The Morgan fingerprint density at radius 1 is 1.23 bits per heavy atom. The number of nitrogens with zero attached hydrogens (tertiary/aromatic N) is 2. The number of thiocarbonyl (C=S) groups is 1. The zero-order chi connectivity index (χ0) is 21.1. The van der Waals surface area contributed by atoms with Crippen LogP contribution in [0.3, 0.4) is 0 Å². The Balaban J connectivity index is 1.68. The highest BCUT2D eigenvalue weighted by Crippen LogP contribution is 2.40. The molecule has 1 N–H and O–H groups in total. The summed E-state index contributed by atoms with van der Waals surface area (Å²) in [5, 5.41) is 3.81. The Morgan fingerprint density at radius 3 is 2.73 bits per heavy atom. The topological polar surface area (TPSA) is 67.6 Å². The number of methoxy groups -OCH3 is 1. The summed E-state index contributed by atoms with van der Waals surface area (Å²) in [7, 11) is 1.36. The average Bonchev–Trinajstić information content (AvgIpc) is 3.37. The fourth-order valence-corrected chi connectivity index (χ4v) is 3.88. The number of rotatable bonds is 6. The number of pyridine rings is 1. The van der Waals surface area contributed by atoms with Gasteiger partial charge in [-0.05, 0) is 60.7 Å². The van der Waals surface area contributed by atoms with E-state index in [0.717, 1.165) is 11.3 Å². The second kappa shape index (κ2) is 8.62. The van der Waals surface area contributed by atoms with Crippen molar-refractivity contribution in [3.05, 3.63) is 78.1 Å². The zero-order valence-electron chi connectivity index (χ0n) is 16.2. The average molecular weight is 425 g/mol. The van der Waals surface area contributed by atoms with Gasteiger partial charge in [-0.15, -0.1) is 0 Å². The summed E-state index contributed by atoms with van der Waals surface area (Å²) in [5.41, 5.74) is 1.58. The van der Waals surface area contributed by atoms with Gasteiger partial charge in [0.1, 0.15) is 23.4 Å². The van der Waals surface area contributed by atoms with Gasteiger partial charge >= 0.3 is 5.97 Å². The van der Waals surface area contributed by atoms with E-state index in [1.165, 1.54) is 19.2 Å². The van der Waals surface area contributed by atoms with Gasteiger partial charge in [0.05, 0.1) is 25.3 Å². The molecule has 0 spiro atoms. The summed E-state index contributed by atoms with van der Waals surface area (Å²) in [5.74, 6) is 0.669. The standard InChI is InChI=1S/C22H20FN3O3S/c1-28-19(27)11-13-26-21(20(25-22(26)30)16-4-2-3-12-24-16)18-10-9-17(29-18)14-5-7-15(23)8-6-14/h2-10,12,20-21H,11,13H2,1H3,(H,25,30)/t20-,21+/m0/s1. The third-order valence-electron chi connectivity index (χ3n) is 5.03.